The number of para-hydroxylation sites is 1. The summed E-state index contributed by atoms with van der Waals surface area (Å²) in [6, 6.07) is 19.6. The van der Waals surface area contributed by atoms with Gasteiger partial charge in [0.2, 0.25) is 5.78 Å². The number of aromatic nitrogens is 5. The van der Waals surface area contributed by atoms with Crippen LogP contribution in [0.25, 0.3) is 16.9 Å². The van der Waals surface area contributed by atoms with E-state index in [0.717, 1.165) is 21.6 Å². The molecule has 0 fully saturated rings. The average Bonchev–Trinajstić information content (AvgIpc) is 3.33. The van der Waals surface area contributed by atoms with Gasteiger partial charge in [0.25, 0.3) is 5.56 Å². The number of hydrogen-bond donors (Lipinski definition) is 0. The molecule has 0 aliphatic heterocycles. The van der Waals surface area contributed by atoms with Gasteiger partial charge in [-0.2, -0.15) is 4.98 Å². The summed E-state index contributed by atoms with van der Waals surface area (Å²) in [6.45, 7) is 0.871. The summed E-state index contributed by atoms with van der Waals surface area (Å²) in [4.78, 5) is 29.9. The Hall–Kier alpha value is -4.07. The van der Waals surface area contributed by atoms with E-state index in [2.05, 4.69) is 4.98 Å². The fourth-order valence-corrected chi connectivity index (χ4v) is 3.79. The maximum Gasteiger partial charge on any atom is 0.332 e. The van der Waals surface area contributed by atoms with Gasteiger partial charge in [-0.25, -0.2) is 4.79 Å². The van der Waals surface area contributed by atoms with Crippen molar-refractivity contribution in [3.05, 3.63) is 99.0 Å². The van der Waals surface area contributed by atoms with Gasteiger partial charge >= 0.3 is 5.69 Å². The first kappa shape index (κ1) is 18.9. The number of fused-ring (bicyclic) bond motifs is 3. The largest absolute Gasteiger partial charge is 0.487 e. The van der Waals surface area contributed by atoms with Crippen LogP contribution >= 0.6 is 0 Å². The molecule has 156 valence electrons. The molecule has 31 heavy (non-hydrogen) atoms. The molecule has 0 atom stereocenters. The first-order valence-electron chi connectivity index (χ1n) is 9.92. The molecule has 0 amide bonds. The van der Waals surface area contributed by atoms with E-state index in [-0.39, 0.29) is 5.56 Å². The molecule has 0 bridgehead atoms. The molecule has 0 N–H and O–H groups in total. The second-order valence-corrected chi connectivity index (χ2v) is 7.45. The van der Waals surface area contributed by atoms with Gasteiger partial charge in [-0.05, 0) is 17.7 Å². The van der Waals surface area contributed by atoms with E-state index in [0.29, 0.717) is 30.1 Å². The summed E-state index contributed by atoms with van der Waals surface area (Å²) in [5.41, 5.74) is 1.91. The molecule has 0 aliphatic carbocycles. The van der Waals surface area contributed by atoms with E-state index in [4.69, 9.17) is 4.74 Å². The van der Waals surface area contributed by atoms with E-state index in [1.54, 1.807) is 11.4 Å². The quantitative estimate of drug-likeness (QED) is 0.442. The molecule has 5 aromatic rings. The van der Waals surface area contributed by atoms with Gasteiger partial charge in [0.1, 0.15) is 12.4 Å². The second kappa shape index (κ2) is 7.32. The number of aryl methyl sites for hydroxylation is 1. The number of nitrogens with zero attached hydrogens (tertiary/aromatic N) is 5. The number of hydrogen-bond acceptors (Lipinski definition) is 4. The third-order valence-corrected chi connectivity index (χ3v) is 5.45. The highest BCUT2D eigenvalue weighted by Gasteiger charge is 2.20. The lowest BCUT2D eigenvalue weighted by Crippen LogP contribution is -2.37. The molecule has 0 radical (unpaired) electrons. The van der Waals surface area contributed by atoms with Gasteiger partial charge in [-0.1, -0.05) is 48.5 Å². The number of benzene rings is 2. The molecule has 0 spiro atoms. The van der Waals surface area contributed by atoms with Crippen LogP contribution in [0.2, 0.25) is 0 Å². The molecule has 8 nitrogen and oxygen atoms in total. The lowest BCUT2D eigenvalue weighted by atomic mass is 10.2. The van der Waals surface area contributed by atoms with Crippen LogP contribution in [0.15, 0.2) is 76.4 Å². The molecule has 8 heteroatoms. The second-order valence-electron chi connectivity index (χ2n) is 7.45. The Morgan fingerprint density at radius 1 is 0.903 bits per heavy atom. The number of rotatable bonds is 5. The molecule has 5 rings (SSSR count). The lowest BCUT2D eigenvalue weighted by Gasteiger charge is -2.10. The minimum atomic E-state index is -0.402. The average molecular weight is 415 g/mol. The van der Waals surface area contributed by atoms with Crippen LogP contribution in [-0.4, -0.2) is 23.1 Å². The minimum absolute atomic E-state index is 0.313. The molecule has 3 heterocycles. The lowest BCUT2D eigenvalue weighted by molar-refractivity contribution is 0.296. The summed E-state index contributed by atoms with van der Waals surface area (Å²) in [6.07, 6.45) is 1.86. The highest BCUT2D eigenvalue weighted by molar-refractivity contribution is 5.75. The highest BCUT2D eigenvalue weighted by atomic mass is 16.5. The van der Waals surface area contributed by atoms with E-state index in [9.17, 15) is 9.59 Å². The molecule has 0 saturated carbocycles. The summed E-state index contributed by atoms with van der Waals surface area (Å²) in [7, 11) is 3.10. The standard InChI is InChI=1S/C23H21N5O3/c1-25-20-19(21(29)26(2)23(25)30)28-14-17(15-31-18-11-7-4-8-12-18)27(22(28)24-20)13-16-9-5-3-6-10-16/h3-12,14H,13,15H2,1-2H3. The van der Waals surface area contributed by atoms with Crippen LogP contribution in [0, 0.1) is 0 Å². The zero-order chi connectivity index (χ0) is 21.5. The minimum Gasteiger partial charge on any atom is -0.487 e. The Bertz CT molecular complexity index is 1510. The molecular weight excluding hydrogens is 394 g/mol. The summed E-state index contributed by atoms with van der Waals surface area (Å²) < 4.78 is 12.2. The Morgan fingerprint density at radius 2 is 1.58 bits per heavy atom. The normalized spacial score (nSPS) is 11.4. The zero-order valence-corrected chi connectivity index (χ0v) is 17.2. The van der Waals surface area contributed by atoms with Gasteiger partial charge in [0, 0.05) is 20.3 Å². The van der Waals surface area contributed by atoms with Crippen molar-refractivity contribution in [1.29, 1.82) is 0 Å². The van der Waals surface area contributed by atoms with Crippen molar-refractivity contribution in [2.75, 3.05) is 0 Å². The van der Waals surface area contributed by atoms with Gasteiger partial charge in [-0.3, -0.25) is 18.3 Å². The van der Waals surface area contributed by atoms with Gasteiger partial charge in [0.15, 0.2) is 11.2 Å². The Balaban J connectivity index is 1.70. The van der Waals surface area contributed by atoms with E-state index >= 15 is 0 Å². The topological polar surface area (TPSA) is 75.5 Å². The van der Waals surface area contributed by atoms with Crippen molar-refractivity contribution in [1.82, 2.24) is 23.1 Å². The molecule has 0 saturated heterocycles. The van der Waals surface area contributed by atoms with Gasteiger partial charge < -0.3 is 9.30 Å². The van der Waals surface area contributed by atoms with E-state index in [1.165, 1.54) is 11.6 Å². The summed E-state index contributed by atoms with van der Waals surface area (Å²) >= 11 is 0. The number of imidazole rings is 2. The molecule has 3 aromatic heterocycles. The predicted molar refractivity (Wildman–Crippen MR) is 117 cm³/mol. The Kier molecular flexibility index (Phi) is 4.47. The predicted octanol–water partition coefficient (Wildman–Crippen LogP) is 2.31. The first-order chi connectivity index (χ1) is 15.0. The van der Waals surface area contributed by atoms with Crippen LogP contribution in [0.4, 0.5) is 0 Å². The molecule has 0 unspecified atom stereocenters. The van der Waals surface area contributed by atoms with Gasteiger partial charge in [-0.15, -0.1) is 0 Å². The van der Waals surface area contributed by atoms with Crippen LogP contribution in [-0.2, 0) is 27.2 Å². The highest BCUT2D eigenvalue weighted by Crippen LogP contribution is 2.20. The molecule has 2 aromatic carbocycles. The van der Waals surface area contributed by atoms with Crippen molar-refractivity contribution in [3.8, 4) is 5.75 Å². The summed E-state index contributed by atoms with van der Waals surface area (Å²) in [5.74, 6) is 1.35. The van der Waals surface area contributed by atoms with Crippen LogP contribution in [0.1, 0.15) is 11.3 Å². The maximum absolute atomic E-state index is 12.9. The summed E-state index contributed by atoms with van der Waals surface area (Å²) in [5, 5.41) is 0. The van der Waals surface area contributed by atoms with Crippen molar-refractivity contribution in [2.45, 2.75) is 13.2 Å². The Morgan fingerprint density at radius 3 is 2.29 bits per heavy atom. The van der Waals surface area contributed by atoms with E-state index < -0.39 is 5.69 Å². The van der Waals surface area contributed by atoms with E-state index in [1.807, 2.05) is 71.4 Å². The zero-order valence-electron chi connectivity index (χ0n) is 17.2. The maximum atomic E-state index is 12.9. The van der Waals surface area contributed by atoms with Crippen LogP contribution in [0.5, 0.6) is 5.75 Å². The third-order valence-electron chi connectivity index (χ3n) is 5.45. The van der Waals surface area contributed by atoms with Crippen molar-refractivity contribution >= 4 is 16.9 Å². The molecular formula is C23H21N5O3. The number of ether oxygens (including phenoxy) is 1. The first-order valence-corrected chi connectivity index (χ1v) is 9.92. The van der Waals surface area contributed by atoms with Crippen LogP contribution < -0.4 is 16.0 Å². The third kappa shape index (κ3) is 3.13. The molecule has 0 aliphatic rings. The monoisotopic (exact) mass is 415 g/mol. The van der Waals surface area contributed by atoms with Crippen molar-refractivity contribution in [2.24, 2.45) is 14.1 Å². The van der Waals surface area contributed by atoms with Gasteiger partial charge in [0.05, 0.1) is 12.2 Å². The fourth-order valence-electron chi connectivity index (χ4n) is 3.79. The van der Waals surface area contributed by atoms with Crippen LogP contribution in [0.3, 0.4) is 0 Å². The van der Waals surface area contributed by atoms with Crippen molar-refractivity contribution in [3.63, 3.8) is 0 Å². The Labute approximate surface area is 177 Å². The fraction of sp³-hybridized carbons (Fsp3) is 0.174. The smallest absolute Gasteiger partial charge is 0.332 e. The van der Waals surface area contributed by atoms with Crippen molar-refractivity contribution < 1.29 is 4.74 Å². The SMILES string of the molecule is Cn1c(=O)c2c(nc3n(Cc4ccccc4)c(COc4ccccc4)cn23)n(C)c1=O.